The number of hydrogen-bond donors (Lipinski definition) is 3. The first-order valence-corrected chi connectivity index (χ1v) is 8.33. The van der Waals surface area contributed by atoms with E-state index in [2.05, 4.69) is 15.2 Å². The van der Waals surface area contributed by atoms with E-state index in [1.807, 2.05) is 12.1 Å². The Hall–Kier alpha value is -1.34. The maximum Gasteiger partial charge on any atom is 0.267 e. The first kappa shape index (κ1) is 21.7. The van der Waals surface area contributed by atoms with Crippen LogP contribution in [0.3, 0.4) is 0 Å². The first-order chi connectivity index (χ1) is 11.2. The van der Waals surface area contributed by atoms with Crippen LogP contribution in [-0.4, -0.2) is 46.2 Å². The highest BCUT2D eigenvalue weighted by molar-refractivity contribution is 5.90. The van der Waals surface area contributed by atoms with E-state index < -0.39 is 5.91 Å². The van der Waals surface area contributed by atoms with Gasteiger partial charge in [0.15, 0.2) is 0 Å². The van der Waals surface area contributed by atoms with Crippen LogP contribution in [0.5, 0.6) is 0 Å². The summed E-state index contributed by atoms with van der Waals surface area (Å²) in [4.78, 5) is 18.0. The van der Waals surface area contributed by atoms with Crippen molar-refractivity contribution in [1.82, 2.24) is 15.4 Å². The number of carbonyl (C=O) groups is 1. The van der Waals surface area contributed by atoms with Gasteiger partial charge in [-0.3, -0.25) is 14.9 Å². The Kier molecular flexibility index (Phi) is 9.21. The van der Waals surface area contributed by atoms with Gasteiger partial charge in [-0.1, -0.05) is 12.8 Å². The summed E-state index contributed by atoms with van der Waals surface area (Å²) in [5, 5.41) is 11.9. The highest BCUT2D eigenvalue weighted by Crippen LogP contribution is 2.27. The maximum absolute atomic E-state index is 10.9. The fourth-order valence-electron chi connectivity index (χ4n) is 3.51. The molecule has 1 aromatic rings. The van der Waals surface area contributed by atoms with Crippen LogP contribution in [0, 0.1) is 0 Å². The zero-order valence-electron chi connectivity index (χ0n) is 14.1. The summed E-state index contributed by atoms with van der Waals surface area (Å²) in [5.74, 6) is 0.317. The van der Waals surface area contributed by atoms with Crippen molar-refractivity contribution < 1.29 is 10.0 Å². The number of anilines is 1. The van der Waals surface area contributed by atoms with E-state index in [9.17, 15) is 4.79 Å². The number of rotatable bonds is 5. The van der Waals surface area contributed by atoms with Crippen LogP contribution in [-0.2, 0) is 4.79 Å². The largest absolute Gasteiger partial charge is 0.366 e. The van der Waals surface area contributed by atoms with Crippen molar-refractivity contribution in [3.63, 3.8) is 0 Å². The van der Waals surface area contributed by atoms with E-state index in [1.165, 1.54) is 38.3 Å². The molecule has 2 fully saturated rings. The number of nitrogens with zero attached hydrogens (tertiary/aromatic N) is 2. The molecule has 0 unspecified atom stereocenters. The molecule has 6 nitrogen and oxygen atoms in total. The lowest BCUT2D eigenvalue weighted by Gasteiger charge is -2.23. The average Bonchev–Trinajstić information content (AvgIpc) is 3.25. The molecule has 0 bridgehead atoms. The topological polar surface area (TPSA) is 77.5 Å². The van der Waals surface area contributed by atoms with Gasteiger partial charge >= 0.3 is 0 Å². The van der Waals surface area contributed by atoms with Crippen molar-refractivity contribution in [3.05, 3.63) is 30.0 Å². The standard InChI is InChI=1S/C17H24N4O2.2ClH/c22-17(20-23)8-6-13-5-7-16(18-11-13)19-14-9-10-21(12-14)15-3-1-2-4-15;;/h5-8,11,14-15,23H,1-4,9-10,12H2,(H,18,19)(H,20,22);2*1H/b8-6+;;/t14-;;/m1../s1. The highest BCUT2D eigenvalue weighted by Gasteiger charge is 2.29. The minimum atomic E-state index is -0.551. The number of nitrogens with one attached hydrogen (secondary N) is 2. The zero-order valence-corrected chi connectivity index (χ0v) is 15.7. The third kappa shape index (κ3) is 6.15. The molecule has 2 heterocycles. The van der Waals surface area contributed by atoms with Crippen LogP contribution in [0.4, 0.5) is 5.82 Å². The van der Waals surface area contributed by atoms with E-state index in [1.54, 1.807) is 17.8 Å². The Balaban J connectivity index is 0.00000156. The molecule has 140 valence electrons. The smallest absolute Gasteiger partial charge is 0.267 e. The molecule has 1 aliphatic carbocycles. The highest BCUT2D eigenvalue weighted by atomic mass is 35.5. The molecule has 1 saturated carbocycles. The summed E-state index contributed by atoms with van der Waals surface area (Å²) < 4.78 is 0. The van der Waals surface area contributed by atoms with Crippen LogP contribution >= 0.6 is 24.8 Å². The van der Waals surface area contributed by atoms with Crippen molar-refractivity contribution in [2.75, 3.05) is 18.4 Å². The van der Waals surface area contributed by atoms with Crippen LogP contribution in [0.1, 0.15) is 37.7 Å². The number of halogens is 2. The fourth-order valence-corrected chi connectivity index (χ4v) is 3.51. The number of amides is 1. The molecular weight excluding hydrogens is 363 g/mol. The van der Waals surface area contributed by atoms with Gasteiger partial charge in [-0.15, -0.1) is 24.8 Å². The van der Waals surface area contributed by atoms with Gasteiger partial charge in [0.1, 0.15) is 5.82 Å². The van der Waals surface area contributed by atoms with Gasteiger partial charge in [-0.2, -0.15) is 0 Å². The van der Waals surface area contributed by atoms with E-state index in [4.69, 9.17) is 5.21 Å². The Labute approximate surface area is 160 Å². The van der Waals surface area contributed by atoms with Crippen LogP contribution in [0.2, 0.25) is 0 Å². The molecule has 3 rings (SSSR count). The minimum absolute atomic E-state index is 0. The Bertz CT molecular complexity index is 562. The monoisotopic (exact) mass is 388 g/mol. The third-order valence-corrected chi connectivity index (χ3v) is 4.74. The van der Waals surface area contributed by atoms with Crippen molar-refractivity contribution >= 4 is 42.6 Å². The zero-order chi connectivity index (χ0) is 16.1. The van der Waals surface area contributed by atoms with Gasteiger partial charge in [0.25, 0.3) is 5.91 Å². The van der Waals surface area contributed by atoms with E-state index >= 15 is 0 Å². The molecule has 1 saturated heterocycles. The summed E-state index contributed by atoms with van der Waals surface area (Å²) in [6.45, 7) is 2.28. The normalized spacial score (nSPS) is 20.9. The lowest BCUT2D eigenvalue weighted by atomic mass is 10.2. The lowest BCUT2D eigenvalue weighted by molar-refractivity contribution is -0.124. The van der Waals surface area contributed by atoms with Crippen molar-refractivity contribution in [1.29, 1.82) is 0 Å². The Morgan fingerprint density at radius 1 is 1.24 bits per heavy atom. The SMILES string of the molecule is Cl.Cl.O=C(/C=C/c1ccc(N[C@@H]2CCN(C3CCCC3)C2)nc1)NO. The number of likely N-dealkylation sites (tertiary alicyclic amines) is 1. The van der Waals surface area contributed by atoms with Gasteiger partial charge in [0, 0.05) is 37.4 Å². The number of hydrogen-bond acceptors (Lipinski definition) is 5. The minimum Gasteiger partial charge on any atom is -0.366 e. The molecule has 0 spiro atoms. The van der Waals surface area contributed by atoms with Gasteiger partial charge in [-0.25, -0.2) is 10.5 Å². The van der Waals surface area contributed by atoms with Gasteiger partial charge in [-0.05, 0) is 43.0 Å². The van der Waals surface area contributed by atoms with Crippen LogP contribution in [0.15, 0.2) is 24.4 Å². The third-order valence-electron chi connectivity index (χ3n) is 4.74. The molecule has 8 heteroatoms. The molecule has 1 aliphatic heterocycles. The van der Waals surface area contributed by atoms with E-state index in [0.717, 1.165) is 30.4 Å². The van der Waals surface area contributed by atoms with Crippen LogP contribution < -0.4 is 10.8 Å². The molecule has 2 aliphatic rings. The second-order valence-corrected chi connectivity index (χ2v) is 6.35. The summed E-state index contributed by atoms with van der Waals surface area (Å²) in [7, 11) is 0. The van der Waals surface area contributed by atoms with Gasteiger partial charge < -0.3 is 5.32 Å². The van der Waals surface area contributed by atoms with Crippen molar-refractivity contribution in [3.8, 4) is 0 Å². The molecule has 25 heavy (non-hydrogen) atoms. The van der Waals surface area contributed by atoms with Crippen LogP contribution in [0.25, 0.3) is 6.08 Å². The number of carbonyl (C=O) groups excluding carboxylic acids is 1. The molecule has 3 N–H and O–H groups in total. The number of hydroxylamine groups is 1. The first-order valence-electron chi connectivity index (χ1n) is 8.33. The second kappa shape index (κ2) is 10.6. The quantitative estimate of drug-likeness (QED) is 0.410. The Morgan fingerprint density at radius 3 is 2.64 bits per heavy atom. The van der Waals surface area contributed by atoms with E-state index in [0.29, 0.717) is 6.04 Å². The van der Waals surface area contributed by atoms with Gasteiger partial charge in [0.2, 0.25) is 0 Å². The number of aromatic nitrogens is 1. The molecule has 0 aromatic carbocycles. The van der Waals surface area contributed by atoms with Crippen molar-refractivity contribution in [2.24, 2.45) is 0 Å². The predicted molar refractivity (Wildman–Crippen MR) is 104 cm³/mol. The summed E-state index contributed by atoms with van der Waals surface area (Å²) in [5.41, 5.74) is 2.38. The number of pyridine rings is 1. The summed E-state index contributed by atoms with van der Waals surface area (Å²) >= 11 is 0. The molecular formula is C17H26Cl2N4O2. The van der Waals surface area contributed by atoms with Crippen molar-refractivity contribution in [2.45, 2.75) is 44.2 Å². The predicted octanol–water partition coefficient (Wildman–Crippen LogP) is 2.87. The second-order valence-electron chi connectivity index (χ2n) is 6.35. The fraction of sp³-hybridized carbons (Fsp3) is 0.529. The molecule has 1 aromatic heterocycles. The summed E-state index contributed by atoms with van der Waals surface area (Å²) in [6.07, 6.45) is 11.2. The average molecular weight is 389 g/mol. The van der Waals surface area contributed by atoms with Gasteiger partial charge in [0.05, 0.1) is 0 Å². The maximum atomic E-state index is 10.9. The van der Waals surface area contributed by atoms with E-state index in [-0.39, 0.29) is 24.8 Å². The molecule has 1 amide bonds. The lowest BCUT2D eigenvalue weighted by Crippen LogP contribution is -2.33. The summed E-state index contributed by atoms with van der Waals surface area (Å²) in [6, 6.07) is 5.08. The Morgan fingerprint density at radius 2 is 2.00 bits per heavy atom. The molecule has 0 radical (unpaired) electrons. The molecule has 1 atom stereocenters.